The maximum Gasteiger partial charge on any atom is 0.0727 e. The highest BCUT2D eigenvalue weighted by Crippen LogP contribution is 2.67. The van der Waals surface area contributed by atoms with E-state index in [0.717, 1.165) is 34.1 Å². The first kappa shape index (κ1) is 42.2. The van der Waals surface area contributed by atoms with E-state index in [1.165, 1.54) is 88.7 Å². The van der Waals surface area contributed by atoms with Crippen LogP contribution in [0.25, 0.3) is 44.2 Å². The van der Waals surface area contributed by atoms with Crippen LogP contribution in [0.1, 0.15) is 44.5 Å². The predicted octanol–water partition coefficient (Wildman–Crippen LogP) is 18.5. The van der Waals surface area contributed by atoms with E-state index < -0.39 is 10.8 Å². The molecule has 0 bridgehead atoms. The first-order valence-corrected chi connectivity index (χ1v) is 25.8. The molecule has 3 aliphatic rings. The number of para-hydroxylation sites is 3. The second-order valence-corrected chi connectivity index (χ2v) is 19.8. The van der Waals surface area contributed by atoms with Crippen LogP contribution in [0.4, 0.5) is 34.1 Å². The predicted molar refractivity (Wildman–Crippen MR) is 307 cm³/mol. The summed E-state index contributed by atoms with van der Waals surface area (Å²) in [7, 11) is 0. The van der Waals surface area contributed by atoms with Gasteiger partial charge in [-0.2, -0.15) is 0 Å². The number of fused-ring (bicyclic) bond motifs is 15. The quantitative estimate of drug-likeness (QED) is 0.150. The average molecular weight is 941 g/mol. The molecule has 1 atom stereocenters. The molecule has 2 heteroatoms. The monoisotopic (exact) mass is 940 g/mol. The van der Waals surface area contributed by atoms with Crippen LogP contribution in [0, 0.1) is 0 Å². The molecule has 1 unspecified atom stereocenters. The van der Waals surface area contributed by atoms with E-state index in [0.29, 0.717) is 0 Å². The van der Waals surface area contributed by atoms with Crippen molar-refractivity contribution >= 4 is 44.9 Å². The number of anilines is 6. The van der Waals surface area contributed by atoms with Gasteiger partial charge in [-0.15, -0.1) is 0 Å². The maximum atomic E-state index is 2.54. The Balaban J connectivity index is 1.01. The van der Waals surface area contributed by atoms with Gasteiger partial charge in [-0.05, 0) is 138 Å². The molecule has 2 nitrogen and oxygen atoms in total. The molecule has 3 aliphatic carbocycles. The number of hydrogen-bond donors (Lipinski definition) is 0. The van der Waals surface area contributed by atoms with Crippen LogP contribution in [-0.4, -0.2) is 0 Å². The molecule has 0 amide bonds. The lowest BCUT2D eigenvalue weighted by Gasteiger charge is -2.34. The summed E-state index contributed by atoms with van der Waals surface area (Å²) < 4.78 is 0. The second kappa shape index (κ2) is 16.5. The van der Waals surface area contributed by atoms with Gasteiger partial charge in [0.1, 0.15) is 0 Å². The summed E-state index contributed by atoms with van der Waals surface area (Å²) in [6, 6.07) is 108. The fourth-order valence-corrected chi connectivity index (χ4v) is 13.5. The molecule has 12 aromatic carbocycles. The third-order valence-electron chi connectivity index (χ3n) is 16.3. The van der Waals surface area contributed by atoms with E-state index >= 15 is 0 Å². The summed E-state index contributed by atoms with van der Waals surface area (Å²) in [5.74, 6) is 0. The fraction of sp³-hybridized carbons (Fsp3) is 0.0278. The van der Waals surface area contributed by atoms with Crippen LogP contribution in [0.5, 0.6) is 0 Å². The van der Waals surface area contributed by atoms with Crippen molar-refractivity contribution in [2.75, 3.05) is 9.80 Å². The molecule has 0 heterocycles. The minimum absolute atomic E-state index is 0.493. The van der Waals surface area contributed by atoms with Crippen molar-refractivity contribution < 1.29 is 0 Å². The second-order valence-electron chi connectivity index (χ2n) is 19.8. The Morgan fingerprint density at radius 1 is 0.216 bits per heavy atom. The Hall–Kier alpha value is -9.50. The molecule has 346 valence electrons. The molecule has 0 radical (unpaired) electrons. The van der Waals surface area contributed by atoms with Crippen LogP contribution in [0.2, 0.25) is 0 Å². The first-order valence-electron chi connectivity index (χ1n) is 25.8. The Labute approximate surface area is 432 Å². The molecule has 0 fully saturated rings. The van der Waals surface area contributed by atoms with Crippen molar-refractivity contribution in [1.82, 2.24) is 0 Å². The topological polar surface area (TPSA) is 6.48 Å². The van der Waals surface area contributed by atoms with Crippen molar-refractivity contribution in [1.29, 1.82) is 0 Å². The molecule has 74 heavy (non-hydrogen) atoms. The lowest BCUT2D eigenvalue weighted by molar-refractivity contribution is 0.768. The third-order valence-corrected chi connectivity index (χ3v) is 16.3. The zero-order valence-electron chi connectivity index (χ0n) is 40.6. The highest BCUT2D eigenvalue weighted by atomic mass is 15.2. The number of hydrogen-bond acceptors (Lipinski definition) is 2. The Morgan fingerprint density at radius 2 is 0.635 bits per heavy atom. The minimum atomic E-state index is -0.629. The number of benzene rings is 12. The molecular formula is C72H48N2. The van der Waals surface area contributed by atoms with E-state index in [1.807, 2.05) is 0 Å². The van der Waals surface area contributed by atoms with Crippen LogP contribution in [-0.2, 0) is 10.8 Å². The van der Waals surface area contributed by atoms with E-state index in [9.17, 15) is 0 Å². The van der Waals surface area contributed by atoms with Gasteiger partial charge < -0.3 is 9.80 Å². The van der Waals surface area contributed by atoms with Crippen LogP contribution < -0.4 is 9.80 Å². The van der Waals surface area contributed by atoms with Gasteiger partial charge in [0.05, 0.1) is 22.2 Å². The molecular weight excluding hydrogens is 893 g/mol. The van der Waals surface area contributed by atoms with Crippen LogP contribution in [0.3, 0.4) is 0 Å². The smallest absolute Gasteiger partial charge is 0.0727 e. The first-order chi connectivity index (χ1) is 36.8. The summed E-state index contributed by atoms with van der Waals surface area (Å²) in [5, 5.41) is 2.46. The van der Waals surface area contributed by atoms with Crippen molar-refractivity contribution in [3.05, 3.63) is 336 Å². The zero-order chi connectivity index (χ0) is 48.8. The van der Waals surface area contributed by atoms with Crippen LogP contribution >= 0.6 is 0 Å². The largest absolute Gasteiger partial charge is 0.310 e. The standard InChI is InChI=1S/C72H48N2/c1-6-25-49(26-7-1)71(50-27-8-2-9-28-50)61-40-21-18-35-55(61)60-47-54(45-46-64(60)71)74(53-33-14-5-15-34-53)67-44-24-43-65-70(67)59-39-20-23-42-63(59)72(65)62-41-22-19-38-58(62)69-57-37-17-16-36-56(57)68(48-66(69)72)73(51-29-10-3-11-30-51)52-31-12-4-13-32-52/h1-48H. The zero-order valence-corrected chi connectivity index (χ0v) is 40.6. The SMILES string of the molecule is c1ccc(N(c2ccc3c(c2)-c2ccccc2C3(c2ccccc2)c2ccccc2)c2cccc3c2-c2ccccc2C32c3ccccc3-c3c2cc(N(c2ccccc2)c2ccccc2)c2ccccc32)cc1. The summed E-state index contributed by atoms with van der Waals surface area (Å²) in [6.45, 7) is 0. The minimum Gasteiger partial charge on any atom is -0.310 e. The Kier molecular flexibility index (Phi) is 9.43. The lowest BCUT2D eigenvalue weighted by Crippen LogP contribution is -2.28. The summed E-state index contributed by atoms with van der Waals surface area (Å²) in [5.41, 5.74) is 23.5. The van der Waals surface area contributed by atoms with E-state index in [-0.39, 0.29) is 0 Å². The summed E-state index contributed by atoms with van der Waals surface area (Å²) in [6.07, 6.45) is 0. The molecule has 0 N–H and O–H groups in total. The molecule has 0 saturated heterocycles. The van der Waals surface area contributed by atoms with Crippen molar-refractivity contribution in [3.8, 4) is 33.4 Å². The van der Waals surface area contributed by atoms with Gasteiger partial charge in [0.25, 0.3) is 0 Å². The van der Waals surface area contributed by atoms with Gasteiger partial charge in [-0.25, -0.2) is 0 Å². The van der Waals surface area contributed by atoms with Crippen molar-refractivity contribution in [3.63, 3.8) is 0 Å². The van der Waals surface area contributed by atoms with Gasteiger partial charge in [-0.3, -0.25) is 0 Å². The molecule has 12 aromatic rings. The van der Waals surface area contributed by atoms with E-state index in [1.54, 1.807) is 0 Å². The van der Waals surface area contributed by atoms with Gasteiger partial charge in [-0.1, -0.05) is 231 Å². The highest BCUT2D eigenvalue weighted by Gasteiger charge is 2.54. The molecule has 0 aromatic heterocycles. The van der Waals surface area contributed by atoms with Crippen LogP contribution in [0.15, 0.2) is 291 Å². The van der Waals surface area contributed by atoms with Gasteiger partial charge in [0.15, 0.2) is 0 Å². The van der Waals surface area contributed by atoms with Crippen molar-refractivity contribution in [2.45, 2.75) is 10.8 Å². The third kappa shape index (κ3) is 5.82. The summed E-state index contributed by atoms with van der Waals surface area (Å²) >= 11 is 0. The number of rotatable bonds is 8. The highest BCUT2D eigenvalue weighted by molar-refractivity contribution is 6.13. The van der Waals surface area contributed by atoms with Gasteiger partial charge >= 0.3 is 0 Å². The fourth-order valence-electron chi connectivity index (χ4n) is 13.5. The Morgan fingerprint density at radius 3 is 1.20 bits per heavy atom. The average Bonchev–Trinajstić information content (AvgIpc) is 4.07. The van der Waals surface area contributed by atoms with Gasteiger partial charge in [0.2, 0.25) is 0 Å². The molecule has 0 saturated carbocycles. The normalized spacial score (nSPS) is 14.9. The maximum absolute atomic E-state index is 2.54. The molecule has 1 spiro atoms. The molecule has 15 rings (SSSR count). The summed E-state index contributed by atoms with van der Waals surface area (Å²) in [4.78, 5) is 4.97. The van der Waals surface area contributed by atoms with Crippen molar-refractivity contribution in [2.24, 2.45) is 0 Å². The molecule has 0 aliphatic heterocycles. The van der Waals surface area contributed by atoms with E-state index in [2.05, 4.69) is 301 Å². The number of nitrogens with zero attached hydrogens (tertiary/aromatic N) is 2. The van der Waals surface area contributed by atoms with Gasteiger partial charge in [0, 0.05) is 33.7 Å². The Bertz CT molecular complexity index is 4050. The van der Waals surface area contributed by atoms with E-state index in [4.69, 9.17) is 0 Å². The lowest BCUT2D eigenvalue weighted by atomic mass is 9.68.